The van der Waals surface area contributed by atoms with Gasteiger partial charge in [-0.05, 0) is 19.8 Å². The molecular formula is C7H16N2O2S. The molecule has 0 saturated carbocycles. The topological polar surface area (TPSA) is 64.4 Å². The van der Waals surface area contributed by atoms with Crippen molar-refractivity contribution in [2.75, 3.05) is 12.8 Å². The number of nitrogens with one attached hydrogen (secondary N) is 1. The van der Waals surface area contributed by atoms with Crippen LogP contribution in [0.5, 0.6) is 0 Å². The predicted molar refractivity (Wildman–Crippen MR) is 48.2 cm³/mol. The van der Waals surface area contributed by atoms with E-state index in [0.29, 0.717) is 6.54 Å². The lowest BCUT2D eigenvalue weighted by Crippen LogP contribution is -2.46. The van der Waals surface area contributed by atoms with Crippen LogP contribution in [0.2, 0.25) is 0 Å². The second kappa shape index (κ2) is 3.32. The molecule has 1 saturated heterocycles. The van der Waals surface area contributed by atoms with Crippen molar-refractivity contribution in [3.05, 3.63) is 0 Å². The molecule has 2 N–H and O–H groups in total. The van der Waals surface area contributed by atoms with Gasteiger partial charge in [0.05, 0.1) is 6.10 Å². The number of aliphatic hydroxyl groups excluding tert-OH is 1. The third-order valence-electron chi connectivity index (χ3n) is 2.25. The molecule has 1 heterocycles. The first-order valence-electron chi connectivity index (χ1n) is 4.10. The summed E-state index contributed by atoms with van der Waals surface area (Å²) in [7, 11) is -2.63. The van der Waals surface area contributed by atoms with Crippen molar-refractivity contribution < 1.29 is 9.32 Å². The van der Waals surface area contributed by atoms with Gasteiger partial charge in [-0.1, -0.05) is 0 Å². The third kappa shape index (κ3) is 2.18. The van der Waals surface area contributed by atoms with Gasteiger partial charge in [0, 0.05) is 18.8 Å². The van der Waals surface area contributed by atoms with Crippen molar-refractivity contribution in [3.63, 3.8) is 0 Å². The van der Waals surface area contributed by atoms with E-state index >= 15 is 0 Å². The van der Waals surface area contributed by atoms with Crippen molar-refractivity contribution in [2.45, 2.75) is 31.9 Å². The molecule has 0 aromatic carbocycles. The summed E-state index contributed by atoms with van der Waals surface area (Å²) in [6.45, 7) is 2.32. The first-order valence-corrected chi connectivity index (χ1v) is 6.02. The molecule has 0 spiro atoms. The lowest BCUT2D eigenvalue weighted by Gasteiger charge is -2.35. The number of hydrogen-bond acceptors (Lipinski definition) is 3. The lowest BCUT2D eigenvalue weighted by molar-refractivity contribution is 0.0876. The molecule has 0 aromatic heterocycles. The Balaban J connectivity index is 2.74. The number of hydrogen-bond donors (Lipinski definition) is 2. The highest BCUT2D eigenvalue weighted by atomic mass is 32.2. The second-order valence-electron chi connectivity index (χ2n) is 3.48. The van der Waals surface area contributed by atoms with E-state index in [0.717, 1.165) is 12.8 Å². The van der Waals surface area contributed by atoms with Gasteiger partial charge in [-0.25, -0.2) is 13.3 Å². The normalized spacial score (nSPS) is 37.6. The summed E-state index contributed by atoms with van der Waals surface area (Å²) >= 11 is 0. The summed E-state index contributed by atoms with van der Waals surface area (Å²) in [4.78, 5) is 0. The molecule has 4 nitrogen and oxygen atoms in total. The summed E-state index contributed by atoms with van der Waals surface area (Å²) in [6, 6.07) is 0.156. The van der Waals surface area contributed by atoms with Gasteiger partial charge in [0.25, 0.3) is 0 Å². The Kier molecular flexibility index (Phi) is 2.75. The number of nitrogens with zero attached hydrogens (tertiary/aromatic N) is 1. The maximum Gasteiger partial charge on any atom is 0.105 e. The summed E-state index contributed by atoms with van der Waals surface area (Å²) in [5.41, 5.74) is 0. The van der Waals surface area contributed by atoms with Crippen molar-refractivity contribution >= 4 is 9.92 Å². The van der Waals surface area contributed by atoms with Crippen LogP contribution in [0.25, 0.3) is 0 Å². The maximum absolute atomic E-state index is 11.4. The van der Waals surface area contributed by atoms with Crippen molar-refractivity contribution in [3.8, 4) is 0 Å². The van der Waals surface area contributed by atoms with Crippen LogP contribution < -0.4 is 0 Å². The second-order valence-corrected chi connectivity index (χ2v) is 5.56. The van der Waals surface area contributed by atoms with E-state index in [9.17, 15) is 9.32 Å². The molecule has 0 aromatic rings. The average Bonchev–Trinajstić information content (AvgIpc) is 1.92. The van der Waals surface area contributed by atoms with Gasteiger partial charge in [-0.2, -0.15) is 0 Å². The van der Waals surface area contributed by atoms with Crippen LogP contribution in [-0.2, 0) is 9.92 Å². The molecule has 1 fully saturated rings. The zero-order chi connectivity index (χ0) is 9.35. The van der Waals surface area contributed by atoms with Crippen molar-refractivity contribution in [2.24, 2.45) is 0 Å². The van der Waals surface area contributed by atoms with E-state index < -0.39 is 16.0 Å². The Morgan fingerprint density at radius 3 is 2.58 bits per heavy atom. The van der Waals surface area contributed by atoms with Crippen LogP contribution in [0.1, 0.15) is 19.8 Å². The number of aliphatic hydroxyl groups is 1. The highest BCUT2D eigenvalue weighted by molar-refractivity contribution is 7.89. The van der Waals surface area contributed by atoms with E-state index in [4.69, 9.17) is 4.78 Å². The van der Waals surface area contributed by atoms with Gasteiger partial charge in [0.2, 0.25) is 0 Å². The highest BCUT2D eigenvalue weighted by Gasteiger charge is 2.28. The largest absolute Gasteiger partial charge is 0.392 e. The summed E-state index contributed by atoms with van der Waals surface area (Å²) in [5.74, 6) is 0. The minimum absolute atomic E-state index is 0.156. The van der Waals surface area contributed by atoms with Gasteiger partial charge >= 0.3 is 0 Å². The predicted octanol–water partition coefficient (Wildman–Crippen LogP) is 0.423. The van der Waals surface area contributed by atoms with E-state index in [2.05, 4.69) is 0 Å². The molecule has 5 heteroatoms. The fourth-order valence-corrected chi connectivity index (χ4v) is 2.79. The Bertz CT molecular complexity index is 250. The van der Waals surface area contributed by atoms with Gasteiger partial charge in [-0.3, -0.25) is 0 Å². The highest BCUT2D eigenvalue weighted by Crippen LogP contribution is 2.19. The standard InChI is InChI=1S/C7H16N2O2S/c1-6-3-4-7(10)5-9(6)12(2,8)11/h6-8,10H,3-5H2,1-2H3/t6-,7-,12?/m1/s1. The van der Waals surface area contributed by atoms with Crippen molar-refractivity contribution in [1.82, 2.24) is 4.31 Å². The van der Waals surface area contributed by atoms with Crippen LogP contribution in [-0.4, -0.2) is 38.6 Å². The quantitative estimate of drug-likeness (QED) is 0.632. The Labute approximate surface area is 73.7 Å². The van der Waals surface area contributed by atoms with Gasteiger partial charge in [0.15, 0.2) is 0 Å². The molecule has 1 unspecified atom stereocenters. The number of rotatable bonds is 1. The average molecular weight is 192 g/mol. The number of piperidine rings is 1. The fourth-order valence-electron chi connectivity index (χ4n) is 1.54. The molecule has 1 aliphatic heterocycles. The zero-order valence-electron chi connectivity index (χ0n) is 7.49. The van der Waals surface area contributed by atoms with E-state index in [-0.39, 0.29) is 6.04 Å². The lowest BCUT2D eigenvalue weighted by atomic mass is 10.0. The first-order chi connectivity index (χ1) is 5.41. The zero-order valence-corrected chi connectivity index (χ0v) is 8.30. The van der Waals surface area contributed by atoms with E-state index in [1.807, 2.05) is 6.92 Å². The third-order valence-corrected chi connectivity index (χ3v) is 3.65. The smallest absolute Gasteiger partial charge is 0.105 e. The molecule has 0 radical (unpaired) electrons. The molecule has 1 aliphatic rings. The maximum atomic E-state index is 11.4. The first kappa shape index (κ1) is 9.95. The van der Waals surface area contributed by atoms with Gasteiger partial charge < -0.3 is 5.11 Å². The molecule has 12 heavy (non-hydrogen) atoms. The molecule has 72 valence electrons. The Morgan fingerprint density at radius 2 is 2.17 bits per heavy atom. The van der Waals surface area contributed by atoms with E-state index in [1.54, 1.807) is 4.31 Å². The monoisotopic (exact) mass is 192 g/mol. The van der Waals surface area contributed by atoms with E-state index in [1.165, 1.54) is 6.26 Å². The summed E-state index contributed by atoms with van der Waals surface area (Å²) < 4.78 is 20.4. The van der Waals surface area contributed by atoms with Gasteiger partial charge in [0.1, 0.15) is 9.92 Å². The summed E-state index contributed by atoms with van der Waals surface area (Å²) in [5, 5.41) is 9.31. The molecule has 1 rings (SSSR count). The van der Waals surface area contributed by atoms with Crippen LogP contribution in [0.3, 0.4) is 0 Å². The van der Waals surface area contributed by atoms with Crippen molar-refractivity contribution in [1.29, 1.82) is 4.78 Å². The van der Waals surface area contributed by atoms with Crippen LogP contribution >= 0.6 is 0 Å². The minimum atomic E-state index is -2.63. The SMILES string of the molecule is C[C@@H]1CC[C@@H](O)CN1S(C)(=N)=O. The van der Waals surface area contributed by atoms with Crippen LogP contribution in [0, 0.1) is 4.78 Å². The molecule has 0 bridgehead atoms. The summed E-state index contributed by atoms with van der Waals surface area (Å²) in [6.07, 6.45) is 2.58. The Morgan fingerprint density at radius 1 is 1.58 bits per heavy atom. The minimum Gasteiger partial charge on any atom is -0.392 e. The Hall–Kier alpha value is -0.130. The van der Waals surface area contributed by atoms with Gasteiger partial charge in [-0.15, -0.1) is 0 Å². The molecular weight excluding hydrogens is 176 g/mol. The number of β-amino-alcohol motifs (C(OH)–C–C–N with tert-alkyl or cyclic N) is 1. The fraction of sp³-hybridized carbons (Fsp3) is 1.00. The molecule has 3 atom stereocenters. The van der Waals surface area contributed by atoms with Crippen LogP contribution in [0.15, 0.2) is 0 Å². The van der Waals surface area contributed by atoms with Crippen LogP contribution in [0.4, 0.5) is 0 Å². The molecule has 0 amide bonds. The molecule has 0 aliphatic carbocycles.